The maximum atomic E-state index is 11.9. The Morgan fingerprint density at radius 1 is 1.33 bits per heavy atom. The van der Waals surface area contributed by atoms with Gasteiger partial charge in [0.1, 0.15) is 0 Å². The number of nitrogens with zero attached hydrogens (tertiary/aromatic N) is 1. The SMILES string of the molecule is CC(=O)NCC(=O)N(C)Cc1ccccc1C#CCCO. The smallest absolute Gasteiger partial charge is 0.242 e. The Morgan fingerprint density at radius 2 is 2.05 bits per heavy atom. The topological polar surface area (TPSA) is 69.6 Å². The highest BCUT2D eigenvalue weighted by atomic mass is 16.2. The van der Waals surface area contributed by atoms with Crippen LogP contribution < -0.4 is 5.32 Å². The van der Waals surface area contributed by atoms with Crippen LogP contribution in [0.15, 0.2) is 24.3 Å². The zero-order valence-corrected chi connectivity index (χ0v) is 12.3. The van der Waals surface area contributed by atoms with Crippen LogP contribution in [0.3, 0.4) is 0 Å². The number of likely N-dealkylation sites (N-methyl/N-ethyl adjacent to an activating group) is 1. The Labute approximate surface area is 125 Å². The number of aliphatic hydroxyl groups excluding tert-OH is 1. The van der Waals surface area contributed by atoms with Crippen LogP contribution in [-0.4, -0.2) is 42.0 Å². The standard InChI is InChI=1S/C16H20N2O3/c1-13(20)17-11-16(21)18(2)12-15-9-4-3-7-14(15)8-5-6-10-19/h3-4,7,9,19H,6,10-12H2,1-2H3,(H,17,20). The Balaban J connectivity index is 2.72. The molecule has 5 heteroatoms. The van der Waals surface area contributed by atoms with E-state index in [2.05, 4.69) is 17.2 Å². The molecule has 0 atom stereocenters. The molecule has 21 heavy (non-hydrogen) atoms. The molecule has 0 aliphatic heterocycles. The van der Waals surface area contributed by atoms with Crippen molar-refractivity contribution in [1.29, 1.82) is 0 Å². The quantitative estimate of drug-likeness (QED) is 0.776. The number of rotatable bonds is 5. The van der Waals surface area contributed by atoms with E-state index in [0.29, 0.717) is 13.0 Å². The molecule has 2 amide bonds. The van der Waals surface area contributed by atoms with Crippen molar-refractivity contribution in [1.82, 2.24) is 10.2 Å². The maximum Gasteiger partial charge on any atom is 0.242 e. The highest BCUT2D eigenvalue weighted by Gasteiger charge is 2.11. The van der Waals surface area contributed by atoms with Gasteiger partial charge in [-0.1, -0.05) is 30.0 Å². The van der Waals surface area contributed by atoms with Crippen molar-refractivity contribution in [3.8, 4) is 11.8 Å². The fourth-order valence-corrected chi connectivity index (χ4v) is 1.67. The molecule has 112 valence electrons. The van der Waals surface area contributed by atoms with Gasteiger partial charge in [0.25, 0.3) is 0 Å². The first-order chi connectivity index (χ1) is 10.0. The molecule has 0 aromatic heterocycles. The van der Waals surface area contributed by atoms with Gasteiger partial charge in [-0.3, -0.25) is 9.59 Å². The van der Waals surface area contributed by atoms with E-state index < -0.39 is 0 Å². The molecule has 1 aromatic rings. The lowest BCUT2D eigenvalue weighted by Crippen LogP contribution is -2.37. The number of carbonyl (C=O) groups excluding carboxylic acids is 2. The zero-order valence-electron chi connectivity index (χ0n) is 12.3. The number of hydrogen-bond donors (Lipinski definition) is 2. The molecule has 5 nitrogen and oxygen atoms in total. The second kappa shape index (κ2) is 8.77. The van der Waals surface area contributed by atoms with E-state index in [4.69, 9.17) is 5.11 Å². The minimum atomic E-state index is -0.230. The largest absolute Gasteiger partial charge is 0.395 e. The van der Waals surface area contributed by atoms with Crippen molar-refractivity contribution in [2.45, 2.75) is 19.9 Å². The van der Waals surface area contributed by atoms with Gasteiger partial charge < -0.3 is 15.3 Å². The lowest BCUT2D eigenvalue weighted by molar-refractivity contribution is -0.131. The number of amides is 2. The van der Waals surface area contributed by atoms with E-state index in [1.807, 2.05) is 24.3 Å². The third-order valence-electron chi connectivity index (χ3n) is 2.80. The molecule has 1 rings (SSSR count). The summed E-state index contributed by atoms with van der Waals surface area (Å²) in [5.41, 5.74) is 1.77. The third-order valence-corrected chi connectivity index (χ3v) is 2.80. The van der Waals surface area contributed by atoms with Crippen LogP contribution in [0.5, 0.6) is 0 Å². The summed E-state index contributed by atoms with van der Waals surface area (Å²) in [6.45, 7) is 1.82. The fourth-order valence-electron chi connectivity index (χ4n) is 1.67. The second-order valence-electron chi connectivity index (χ2n) is 4.59. The van der Waals surface area contributed by atoms with Crippen LogP contribution in [0.4, 0.5) is 0 Å². The minimum absolute atomic E-state index is 0.00973. The van der Waals surface area contributed by atoms with Gasteiger partial charge in [0, 0.05) is 32.5 Å². The number of nitrogens with one attached hydrogen (secondary N) is 1. The van der Waals surface area contributed by atoms with Crippen molar-refractivity contribution >= 4 is 11.8 Å². The Morgan fingerprint density at radius 3 is 2.71 bits per heavy atom. The number of benzene rings is 1. The van der Waals surface area contributed by atoms with Crippen molar-refractivity contribution in [3.63, 3.8) is 0 Å². The van der Waals surface area contributed by atoms with Crippen molar-refractivity contribution in [2.75, 3.05) is 20.2 Å². The Bertz CT molecular complexity index is 558. The summed E-state index contributed by atoms with van der Waals surface area (Å²) in [5.74, 6) is 5.47. The summed E-state index contributed by atoms with van der Waals surface area (Å²) in [7, 11) is 1.68. The van der Waals surface area contributed by atoms with Gasteiger partial charge in [0.2, 0.25) is 11.8 Å². The third kappa shape index (κ3) is 6.11. The Kier molecular flexibility index (Phi) is 6.99. The first-order valence-corrected chi connectivity index (χ1v) is 6.70. The summed E-state index contributed by atoms with van der Waals surface area (Å²) in [6.07, 6.45) is 0.422. The van der Waals surface area contributed by atoms with Crippen LogP contribution in [-0.2, 0) is 16.1 Å². The van der Waals surface area contributed by atoms with Crippen molar-refractivity contribution in [2.24, 2.45) is 0 Å². The first kappa shape index (κ1) is 16.7. The Hall–Kier alpha value is -2.32. The minimum Gasteiger partial charge on any atom is -0.395 e. The zero-order chi connectivity index (χ0) is 15.7. The predicted molar refractivity (Wildman–Crippen MR) is 80.2 cm³/mol. The molecular weight excluding hydrogens is 268 g/mol. The van der Waals surface area contributed by atoms with E-state index in [0.717, 1.165) is 11.1 Å². The molecule has 1 aromatic carbocycles. The van der Waals surface area contributed by atoms with Crippen LogP contribution in [0, 0.1) is 11.8 Å². The van der Waals surface area contributed by atoms with Gasteiger partial charge in [-0.25, -0.2) is 0 Å². The normalized spacial score (nSPS) is 9.48. The monoisotopic (exact) mass is 288 g/mol. The molecule has 0 aliphatic carbocycles. The van der Waals surface area contributed by atoms with Gasteiger partial charge in [0.05, 0.1) is 13.2 Å². The average Bonchev–Trinajstić information content (AvgIpc) is 2.46. The summed E-state index contributed by atoms with van der Waals surface area (Å²) in [4.78, 5) is 24.2. The molecule has 0 saturated carbocycles. The molecule has 0 fully saturated rings. The molecule has 0 spiro atoms. The van der Waals surface area contributed by atoms with E-state index in [9.17, 15) is 9.59 Å². The lowest BCUT2D eigenvalue weighted by atomic mass is 10.1. The van der Waals surface area contributed by atoms with Gasteiger partial charge in [-0.15, -0.1) is 0 Å². The molecule has 0 bridgehead atoms. The summed E-state index contributed by atoms with van der Waals surface area (Å²) in [6, 6.07) is 7.56. The van der Waals surface area contributed by atoms with Gasteiger partial charge in [-0.05, 0) is 11.6 Å². The molecule has 2 N–H and O–H groups in total. The maximum absolute atomic E-state index is 11.9. The van der Waals surface area contributed by atoms with E-state index >= 15 is 0 Å². The van der Waals surface area contributed by atoms with Crippen LogP contribution in [0.25, 0.3) is 0 Å². The molecule has 0 saturated heterocycles. The summed E-state index contributed by atoms with van der Waals surface area (Å²) >= 11 is 0. The van der Waals surface area contributed by atoms with Crippen molar-refractivity contribution in [3.05, 3.63) is 35.4 Å². The lowest BCUT2D eigenvalue weighted by Gasteiger charge is -2.18. The van der Waals surface area contributed by atoms with E-state index in [1.54, 1.807) is 11.9 Å². The van der Waals surface area contributed by atoms with Gasteiger partial charge >= 0.3 is 0 Å². The van der Waals surface area contributed by atoms with Gasteiger partial charge in [-0.2, -0.15) is 0 Å². The number of aliphatic hydroxyl groups is 1. The summed E-state index contributed by atoms with van der Waals surface area (Å²) in [5, 5.41) is 11.2. The molecular formula is C16H20N2O3. The average molecular weight is 288 g/mol. The van der Waals surface area contributed by atoms with E-state index in [-0.39, 0.29) is 25.0 Å². The summed E-state index contributed by atoms with van der Waals surface area (Å²) < 4.78 is 0. The number of carbonyl (C=O) groups is 2. The molecule has 0 radical (unpaired) electrons. The number of hydrogen-bond acceptors (Lipinski definition) is 3. The second-order valence-corrected chi connectivity index (χ2v) is 4.59. The molecule has 0 aliphatic rings. The van der Waals surface area contributed by atoms with Crippen molar-refractivity contribution < 1.29 is 14.7 Å². The highest BCUT2D eigenvalue weighted by Crippen LogP contribution is 2.10. The van der Waals surface area contributed by atoms with Crippen LogP contribution >= 0.6 is 0 Å². The van der Waals surface area contributed by atoms with Gasteiger partial charge in [0.15, 0.2) is 0 Å². The van der Waals surface area contributed by atoms with E-state index in [1.165, 1.54) is 6.92 Å². The fraction of sp³-hybridized carbons (Fsp3) is 0.375. The predicted octanol–water partition coefficient (Wildman–Crippen LogP) is 0.515. The molecule has 0 unspecified atom stereocenters. The van der Waals surface area contributed by atoms with Crippen LogP contribution in [0.2, 0.25) is 0 Å². The highest BCUT2D eigenvalue weighted by molar-refractivity contribution is 5.83. The first-order valence-electron chi connectivity index (χ1n) is 6.70. The molecule has 0 heterocycles. The van der Waals surface area contributed by atoms with Crippen LogP contribution in [0.1, 0.15) is 24.5 Å².